The molecule has 3 aliphatic rings. The van der Waals surface area contributed by atoms with Crippen molar-refractivity contribution in [1.82, 2.24) is 4.90 Å². The summed E-state index contributed by atoms with van der Waals surface area (Å²) in [7, 11) is 2.08. The third-order valence-corrected chi connectivity index (χ3v) is 10.5. The number of benzene rings is 2. The largest absolute Gasteiger partial charge is 0.366 e. The summed E-state index contributed by atoms with van der Waals surface area (Å²) in [5, 5.41) is 2.44. The summed E-state index contributed by atoms with van der Waals surface area (Å²) in [5.74, 6) is 2.86. The number of allylic oxidation sites excluding steroid dienone is 2. The van der Waals surface area contributed by atoms with Crippen LogP contribution in [0.2, 0.25) is 0 Å². The number of nitrogens with zero attached hydrogens (tertiary/aromatic N) is 2. The van der Waals surface area contributed by atoms with Crippen LogP contribution in [0.1, 0.15) is 85.4 Å². The van der Waals surface area contributed by atoms with E-state index in [4.69, 9.17) is 0 Å². The Labute approximate surface area is 242 Å². The van der Waals surface area contributed by atoms with Crippen molar-refractivity contribution in [3.8, 4) is 0 Å². The van der Waals surface area contributed by atoms with Gasteiger partial charge in [-0.2, -0.15) is 0 Å². The first-order chi connectivity index (χ1) is 18.9. The van der Waals surface area contributed by atoms with Gasteiger partial charge in [0, 0.05) is 25.0 Å². The van der Waals surface area contributed by atoms with E-state index in [0.29, 0.717) is 0 Å². The van der Waals surface area contributed by atoms with Gasteiger partial charge in [-0.05, 0) is 134 Å². The molecule has 0 radical (unpaired) electrons. The van der Waals surface area contributed by atoms with Crippen LogP contribution in [0.4, 0.5) is 0 Å². The number of thioether (sulfide) groups is 1. The molecule has 3 atom stereocenters. The SMILES string of the molecule is CCc1cc(CC2=CSC(c3ccc4c(c3)CC([C@H]3CC3C)CCC4)=CC2)c(C)cc1CCN=CN(C)CC. The molecule has 0 aromatic heterocycles. The second-order valence-electron chi connectivity index (χ2n) is 12.3. The number of hydrogen-bond acceptors (Lipinski definition) is 2. The van der Waals surface area contributed by atoms with Crippen LogP contribution in [0.5, 0.6) is 0 Å². The standard InChI is InChI=1S/C36H48N2S/c1-6-28-20-33(25(3)17-30(28)15-16-37-24-38(5)7-2)19-27-11-14-36(39-23-27)32-13-12-29-9-8-10-31(21-34(29)22-32)35-18-26(35)4/h12-14,17,20,22-24,26,31,35H,6-11,15-16,18-19,21H2,1-5H3/t26?,31?,35-/m0/s1. The first kappa shape index (κ1) is 28.3. The highest BCUT2D eigenvalue weighted by molar-refractivity contribution is 8.11. The van der Waals surface area contributed by atoms with E-state index in [1.807, 2.05) is 18.1 Å². The Morgan fingerprint density at radius 1 is 1.08 bits per heavy atom. The van der Waals surface area contributed by atoms with Crippen molar-refractivity contribution in [2.75, 3.05) is 20.1 Å². The quantitative estimate of drug-likeness (QED) is 0.170. The van der Waals surface area contributed by atoms with Gasteiger partial charge in [0.25, 0.3) is 0 Å². The maximum atomic E-state index is 4.62. The Morgan fingerprint density at radius 2 is 1.92 bits per heavy atom. The second-order valence-corrected chi connectivity index (χ2v) is 13.2. The monoisotopic (exact) mass is 540 g/mol. The molecule has 0 bridgehead atoms. The molecule has 2 nitrogen and oxygen atoms in total. The van der Waals surface area contributed by atoms with Gasteiger partial charge in [-0.25, -0.2) is 0 Å². The Kier molecular flexibility index (Phi) is 9.38. The van der Waals surface area contributed by atoms with Gasteiger partial charge >= 0.3 is 0 Å². The lowest BCUT2D eigenvalue weighted by molar-refractivity contribution is 0.407. The van der Waals surface area contributed by atoms with E-state index in [1.54, 1.807) is 11.1 Å². The summed E-state index contributed by atoms with van der Waals surface area (Å²) >= 11 is 1.94. The fourth-order valence-corrected chi connectivity index (χ4v) is 7.53. The van der Waals surface area contributed by atoms with Crippen LogP contribution >= 0.6 is 11.8 Å². The van der Waals surface area contributed by atoms with Crippen LogP contribution in [0.15, 0.2) is 52.4 Å². The maximum absolute atomic E-state index is 4.62. The minimum Gasteiger partial charge on any atom is -0.366 e. The Hall–Kier alpha value is -2.26. The van der Waals surface area contributed by atoms with Crippen molar-refractivity contribution < 1.29 is 0 Å². The Balaban J connectivity index is 1.22. The normalized spacial score (nSPS) is 22.7. The summed E-state index contributed by atoms with van der Waals surface area (Å²) in [6, 6.07) is 12.3. The van der Waals surface area contributed by atoms with Gasteiger partial charge in [0.2, 0.25) is 0 Å². The van der Waals surface area contributed by atoms with E-state index in [-0.39, 0.29) is 0 Å². The van der Waals surface area contributed by atoms with Crippen LogP contribution in [0.25, 0.3) is 4.91 Å². The van der Waals surface area contributed by atoms with Crippen LogP contribution in [-0.4, -0.2) is 31.4 Å². The average molecular weight is 541 g/mol. The highest BCUT2D eigenvalue weighted by atomic mass is 32.2. The third-order valence-electron chi connectivity index (χ3n) is 9.42. The van der Waals surface area contributed by atoms with Crippen molar-refractivity contribution in [1.29, 1.82) is 0 Å². The van der Waals surface area contributed by atoms with E-state index >= 15 is 0 Å². The van der Waals surface area contributed by atoms with Gasteiger partial charge in [-0.1, -0.05) is 67.6 Å². The van der Waals surface area contributed by atoms with E-state index in [1.165, 1.54) is 70.4 Å². The van der Waals surface area contributed by atoms with Crippen molar-refractivity contribution in [2.45, 2.75) is 85.5 Å². The average Bonchev–Trinajstić information content (AvgIpc) is 3.72. The van der Waals surface area contributed by atoms with Crippen molar-refractivity contribution in [2.24, 2.45) is 22.7 Å². The highest BCUT2D eigenvalue weighted by Gasteiger charge is 2.39. The van der Waals surface area contributed by atoms with Gasteiger partial charge in [-0.3, -0.25) is 4.99 Å². The van der Waals surface area contributed by atoms with Crippen LogP contribution < -0.4 is 0 Å². The van der Waals surface area contributed by atoms with Crippen LogP contribution in [-0.2, 0) is 32.1 Å². The molecule has 1 saturated carbocycles. The predicted molar refractivity (Wildman–Crippen MR) is 172 cm³/mol. The summed E-state index contributed by atoms with van der Waals surface area (Å²) in [5.41, 5.74) is 12.1. The number of hydrogen-bond donors (Lipinski definition) is 0. The number of aryl methyl sites for hydroxylation is 3. The molecule has 0 amide bonds. The van der Waals surface area contributed by atoms with E-state index < -0.39 is 0 Å². The molecule has 1 aliphatic heterocycles. The molecule has 0 saturated heterocycles. The minimum absolute atomic E-state index is 0.856. The van der Waals surface area contributed by atoms with Gasteiger partial charge in [0.15, 0.2) is 0 Å². The summed E-state index contributed by atoms with van der Waals surface area (Å²) in [4.78, 5) is 8.19. The lowest BCUT2D eigenvalue weighted by atomic mass is 9.90. The summed E-state index contributed by atoms with van der Waals surface area (Å²) in [6.07, 6.45) is 15.5. The molecule has 2 unspecified atom stereocenters. The molecule has 208 valence electrons. The smallest absolute Gasteiger partial charge is 0.0847 e. The Morgan fingerprint density at radius 3 is 2.64 bits per heavy atom. The first-order valence-corrected chi connectivity index (χ1v) is 16.3. The number of fused-ring (bicyclic) bond motifs is 1. The lowest BCUT2D eigenvalue weighted by Crippen LogP contribution is -2.15. The van der Waals surface area contributed by atoms with Crippen LogP contribution in [0.3, 0.4) is 0 Å². The first-order valence-electron chi connectivity index (χ1n) is 15.4. The molecule has 0 N–H and O–H groups in total. The van der Waals surface area contributed by atoms with Crippen molar-refractivity contribution >= 4 is 23.0 Å². The second kappa shape index (κ2) is 12.9. The summed E-state index contributed by atoms with van der Waals surface area (Å²) < 4.78 is 0. The van der Waals surface area contributed by atoms with E-state index in [2.05, 4.69) is 86.5 Å². The predicted octanol–water partition coefficient (Wildman–Crippen LogP) is 8.84. The molecule has 2 aromatic rings. The zero-order valence-corrected chi connectivity index (χ0v) is 25.7. The molecule has 2 aromatic carbocycles. The zero-order chi connectivity index (χ0) is 27.4. The Bertz CT molecular complexity index is 1250. The van der Waals surface area contributed by atoms with Crippen LogP contribution in [0, 0.1) is 24.7 Å². The van der Waals surface area contributed by atoms with Crippen molar-refractivity contribution in [3.63, 3.8) is 0 Å². The molecule has 5 rings (SSSR count). The fourth-order valence-electron chi connectivity index (χ4n) is 6.62. The molecular formula is C36H48N2S. The van der Waals surface area contributed by atoms with Gasteiger partial charge in [0.1, 0.15) is 0 Å². The molecule has 3 heteroatoms. The molecule has 39 heavy (non-hydrogen) atoms. The number of aliphatic imine (C=N–C) groups is 1. The minimum atomic E-state index is 0.856. The van der Waals surface area contributed by atoms with Gasteiger partial charge < -0.3 is 4.90 Å². The molecule has 1 fully saturated rings. The molecule has 2 aliphatic carbocycles. The highest BCUT2D eigenvalue weighted by Crippen LogP contribution is 2.48. The van der Waals surface area contributed by atoms with E-state index in [9.17, 15) is 0 Å². The van der Waals surface area contributed by atoms with Gasteiger partial charge in [-0.15, -0.1) is 0 Å². The summed E-state index contributed by atoms with van der Waals surface area (Å²) in [6.45, 7) is 11.0. The lowest BCUT2D eigenvalue weighted by Gasteiger charge is -2.19. The molecule has 1 heterocycles. The fraction of sp³-hybridized carbons (Fsp3) is 0.528. The van der Waals surface area contributed by atoms with Crippen molar-refractivity contribution in [3.05, 3.63) is 86.3 Å². The number of rotatable bonds is 10. The topological polar surface area (TPSA) is 15.6 Å². The zero-order valence-electron chi connectivity index (χ0n) is 24.9. The third kappa shape index (κ3) is 7.09. The molecular weight excluding hydrogens is 492 g/mol. The van der Waals surface area contributed by atoms with Gasteiger partial charge in [0.05, 0.1) is 6.34 Å². The van der Waals surface area contributed by atoms with E-state index in [0.717, 1.165) is 56.5 Å². The maximum Gasteiger partial charge on any atom is 0.0847 e. The molecule has 0 spiro atoms.